The average Bonchev–Trinajstić information content (AvgIpc) is 2.07. The maximum Gasteiger partial charge on any atom is 0.322 e. The van der Waals surface area contributed by atoms with Crippen molar-refractivity contribution in [3.63, 3.8) is 0 Å². The molecular weight excluding hydrogens is 184 g/mol. The molecule has 0 unspecified atom stereocenters. The van der Waals surface area contributed by atoms with E-state index in [4.69, 9.17) is 9.84 Å². The predicted molar refractivity (Wildman–Crippen MR) is 48.8 cm³/mol. The maximum absolute atomic E-state index is 10.9. The van der Waals surface area contributed by atoms with Crippen molar-refractivity contribution in [2.45, 2.75) is 6.42 Å². The van der Waals surface area contributed by atoms with E-state index in [0.29, 0.717) is 11.3 Å². The number of hydrogen-bond donors (Lipinski definition) is 1. The molecule has 0 aliphatic carbocycles. The molecule has 0 atom stereocenters. The van der Waals surface area contributed by atoms with Crippen LogP contribution in [-0.2, 0) is 9.59 Å². The molecule has 1 rings (SSSR count). The number of aliphatic carboxylic acids is 1. The SMILES string of the molecule is [CH2]c1ccccc1OC(=O)CC(=O)O. The second-order valence-electron chi connectivity index (χ2n) is 2.65. The number of rotatable bonds is 3. The quantitative estimate of drug-likeness (QED) is 0.445. The lowest BCUT2D eigenvalue weighted by Crippen LogP contribution is -2.13. The third-order valence-electron chi connectivity index (χ3n) is 1.49. The molecule has 0 amide bonds. The van der Waals surface area contributed by atoms with Crippen molar-refractivity contribution in [3.05, 3.63) is 36.8 Å². The van der Waals surface area contributed by atoms with E-state index in [9.17, 15) is 9.59 Å². The van der Waals surface area contributed by atoms with E-state index in [0.717, 1.165) is 0 Å². The minimum absolute atomic E-state index is 0.291. The molecule has 1 aromatic carbocycles. The maximum atomic E-state index is 10.9. The molecule has 0 bridgehead atoms. The van der Waals surface area contributed by atoms with Gasteiger partial charge in [-0.1, -0.05) is 18.2 Å². The normalized spacial score (nSPS) is 9.50. The summed E-state index contributed by atoms with van der Waals surface area (Å²) in [5.74, 6) is -1.72. The highest BCUT2D eigenvalue weighted by Gasteiger charge is 2.10. The molecule has 0 heterocycles. The number of carbonyl (C=O) groups is 2. The largest absolute Gasteiger partial charge is 0.481 e. The highest BCUT2D eigenvalue weighted by atomic mass is 16.5. The molecule has 0 aromatic heterocycles. The Hall–Kier alpha value is -1.84. The summed E-state index contributed by atoms with van der Waals surface area (Å²) >= 11 is 0. The Bertz CT molecular complexity index is 357. The van der Waals surface area contributed by atoms with Crippen LogP contribution in [0.4, 0.5) is 0 Å². The smallest absolute Gasteiger partial charge is 0.322 e. The number of carboxylic acid groups (broad SMARTS) is 1. The van der Waals surface area contributed by atoms with Gasteiger partial charge < -0.3 is 9.84 Å². The molecule has 73 valence electrons. The topological polar surface area (TPSA) is 63.6 Å². The first-order valence-electron chi connectivity index (χ1n) is 3.93. The number of ether oxygens (including phenoxy) is 1. The van der Waals surface area contributed by atoms with E-state index in [-0.39, 0.29) is 0 Å². The third-order valence-corrected chi connectivity index (χ3v) is 1.49. The van der Waals surface area contributed by atoms with Crippen LogP contribution in [0.5, 0.6) is 5.75 Å². The number of benzene rings is 1. The Morgan fingerprint density at radius 1 is 1.36 bits per heavy atom. The molecule has 4 nitrogen and oxygen atoms in total. The van der Waals surface area contributed by atoms with E-state index in [1.165, 1.54) is 0 Å². The molecule has 14 heavy (non-hydrogen) atoms. The Balaban J connectivity index is 2.65. The summed E-state index contributed by atoms with van der Waals surface area (Å²) < 4.78 is 4.77. The van der Waals surface area contributed by atoms with E-state index in [1.54, 1.807) is 24.3 Å². The highest BCUT2D eigenvalue weighted by Crippen LogP contribution is 2.16. The molecule has 4 heteroatoms. The summed E-state index contributed by atoms with van der Waals surface area (Å²) in [5, 5.41) is 8.31. The molecule has 0 aliphatic heterocycles. The number of hydrogen-bond acceptors (Lipinski definition) is 3. The van der Waals surface area contributed by atoms with Crippen LogP contribution in [0.3, 0.4) is 0 Å². The van der Waals surface area contributed by atoms with E-state index < -0.39 is 18.4 Å². The van der Waals surface area contributed by atoms with Crippen LogP contribution in [0.1, 0.15) is 12.0 Å². The van der Waals surface area contributed by atoms with Gasteiger partial charge in [-0.3, -0.25) is 9.59 Å². The van der Waals surface area contributed by atoms with Crippen molar-refractivity contribution in [1.82, 2.24) is 0 Å². The standard InChI is InChI=1S/C10H9O4/c1-7-4-2-3-5-8(7)14-10(13)6-9(11)12/h2-5H,1,6H2,(H,11,12). The number of carboxylic acids is 1. The van der Waals surface area contributed by atoms with Crippen LogP contribution in [0.15, 0.2) is 24.3 Å². The van der Waals surface area contributed by atoms with Crippen molar-refractivity contribution >= 4 is 11.9 Å². The van der Waals surface area contributed by atoms with Crippen molar-refractivity contribution in [2.75, 3.05) is 0 Å². The van der Waals surface area contributed by atoms with Gasteiger partial charge in [-0.15, -0.1) is 0 Å². The molecule has 0 saturated carbocycles. The Morgan fingerprint density at radius 2 is 2.00 bits per heavy atom. The monoisotopic (exact) mass is 193 g/mol. The molecule has 1 N–H and O–H groups in total. The second-order valence-corrected chi connectivity index (χ2v) is 2.65. The molecule has 0 fully saturated rings. The van der Waals surface area contributed by atoms with Crippen molar-refractivity contribution in [3.8, 4) is 5.75 Å². The fourth-order valence-corrected chi connectivity index (χ4v) is 0.886. The van der Waals surface area contributed by atoms with Gasteiger partial charge in [0.15, 0.2) is 0 Å². The van der Waals surface area contributed by atoms with E-state index in [1.807, 2.05) is 0 Å². The zero-order valence-corrected chi connectivity index (χ0v) is 7.40. The lowest BCUT2D eigenvalue weighted by Gasteiger charge is -2.04. The Kier molecular flexibility index (Phi) is 3.23. The number of esters is 1. The summed E-state index contributed by atoms with van der Waals surface area (Å²) in [7, 11) is 0. The lowest BCUT2D eigenvalue weighted by molar-refractivity contribution is -0.145. The number of para-hydroxylation sites is 1. The van der Waals surface area contributed by atoms with Crippen LogP contribution in [0.25, 0.3) is 0 Å². The van der Waals surface area contributed by atoms with Crippen LogP contribution in [0.2, 0.25) is 0 Å². The van der Waals surface area contributed by atoms with Crippen LogP contribution in [0, 0.1) is 6.92 Å². The van der Waals surface area contributed by atoms with Crippen LogP contribution < -0.4 is 4.74 Å². The van der Waals surface area contributed by atoms with Gasteiger partial charge in [0, 0.05) is 0 Å². The first-order valence-corrected chi connectivity index (χ1v) is 3.93. The fraction of sp³-hybridized carbons (Fsp3) is 0.100. The van der Waals surface area contributed by atoms with Gasteiger partial charge in [-0.2, -0.15) is 0 Å². The Morgan fingerprint density at radius 3 is 2.57 bits per heavy atom. The molecule has 0 saturated heterocycles. The van der Waals surface area contributed by atoms with Crippen LogP contribution >= 0.6 is 0 Å². The molecule has 1 radical (unpaired) electrons. The second kappa shape index (κ2) is 4.41. The number of carbonyl (C=O) groups excluding carboxylic acids is 1. The zero-order chi connectivity index (χ0) is 10.6. The van der Waals surface area contributed by atoms with Gasteiger partial charge >= 0.3 is 11.9 Å². The van der Waals surface area contributed by atoms with Gasteiger partial charge in [-0.25, -0.2) is 0 Å². The van der Waals surface area contributed by atoms with E-state index in [2.05, 4.69) is 6.92 Å². The van der Waals surface area contributed by atoms with Crippen molar-refractivity contribution in [2.24, 2.45) is 0 Å². The Labute approximate surface area is 81.1 Å². The van der Waals surface area contributed by atoms with Gasteiger partial charge in [0.2, 0.25) is 0 Å². The van der Waals surface area contributed by atoms with Crippen LogP contribution in [-0.4, -0.2) is 17.0 Å². The molecular formula is C10H9O4. The van der Waals surface area contributed by atoms with E-state index >= 15 is 0 Å². The summed E-state index contributed by atoms with van der Waals surface area (Å²) in [6, 6.07) is 6.65. The van der Waals surface area contributed by atoms with Crippen molar-refractivity contribution < 1.29 is 19.4 Å². The van der Waals surface area contributed by atoms with Gasteiger partial charge in [-0.05, 0) is 18.6 Å². The summed E-state index contributed by atoms with van der Waals surface area (Å²) in [4.78, 5) is 21.1. The lowest BCUT2D eigenvalue weighted by atomic mass is 10.2. The average molecular weight is 193 g/mol. The molecule has 0 spiro atoms. The summed E-state index contributed by atoms with van der Waals surface area (Å²) in [5.41, 5.74) is 0.547. The van der Waals surface area contributed by atoms with Crippen molar-refractivity contribution in [1.29, 1.82) is 0 Å². The van der Waals surface area contributed by atoms with Gasteiger partial charge in [0.25, 0.3) is 0 Å². The highest BCUT2D eigenvalue weighted by molar-refractivity contribution is 5.91. The fourth-order valence-electron chi connectivity index (χ4n) is 0.886. The zero-order valence-electron chi connectivity index (χ0n) is 7.40. The van der Waals surface area contributed by atoms with Gasteiger partial charge in [0.1, 0.15) is 12.2 Å². The summed E-state index contributed by atoms with van der Waals surface area (Å²) in [6.07, 6.45) is -0.645. The first kappa shape index (κ1) is 10.2. The third kappa shape index (κ3) is 2.90. The van der Waals surface area contributed by atoms with Gasteiger partial charge in [0.05, 0.1) is 0 Å². The minimum Gasteiger partial charge on any atom is -0.481 e. The first-order chi connectivity index (χ1) is 6.59. The molecule has 0 aliphatic rings. The molecule has 1 aromatic rings. The predicted octanol–water partition coefficient (Wildman–Crippen LogP) is 1.25. The minimum atomic E-state index is -1.21. The summed E-state index contributed by atoms with van der Waals surface area (Å²) in [6.45, 7) is 3.63.